The topological polar surface area (TPSA) is 111 Å². The molecule has 1 aliphatic heterocycles. The number of nitrogens with two attached hydrogens (primary N) is 2. The van der Waals surface area contributed by atoms with Gasteiger partial charge in [0.2, 0.25) is 5.88 Å². The Hall–Kier alpha value is -2.22. The molecule has 2 aromatic rings. The SMILES string of the molecule is NCCNc1nc(OCC2CCNCC2)cnc1-c1ccc(CN)cc1. The molecule has 0 radical (unpaired) electrons. The zero-order valence-corrected chi connectivity index (χ0v) is 15.1. The van der Waals surface area contributed by atoms with Crippen molar-refractivity contribution in [2.75, 3.05) is 38.1 Å². The second kappa shape index (κ2) is 9.47. The fraction of sp³-hybridized carbons (Fsp3) is 0.474. The van der Waals surface area contributed by atoms with E-state index in [-0.39, 0.29) is 0 Å². The first-order chi connectivity index (χ1) is 12.8. The minimum absolute atomic E-state index is 0.521. The summed E-state index contributed by atoms with van der Waals surface area (Å²) in [6.45, 7) is 4.46. The Kier molecular flexibility index (Phi) is 6.76. The molecule has 1 aromatic carbocycles. The van der Waals surface area contributed by atoms with Crippen molar-refractivity contribution in [3.05, 3.63) is 36.0 Å². The monoisotopic (exact) mass is 356 g/mol. The summed E-state index contributed by atoms with van der Waals surface area (Å²) >= 11 is 0. The second-order valence-electron chi connectivity index (χ2n) is 6.53. The number of piperidine rings is 1. The van der Waals surface area contributed by atoms with Crippen LogP contribution in [0.2, 0.25) is 0 Å². The van der Waals surface area contributed by atoms with Crippen molar-refractivity contribution >= 4 is 5.82 Å². The molecule has 1 aliphatic rings. The van der Waals surface area contributed by atoms with Gasteiger partial charge in [-0.05, 0) is 37.4 Å². The second-order valence-corrected chi connectivity index (χ2v) is 6.53. The lowest BCUT2D eigenvalue weighted by molar-refractivity contribution is 0.208. The highest BCUT2D eigenvalue weighted by Gasteiger charge is 2.15. The minimum Gasteiger partial charge on any atom is -0.476 e. The molecule has 1 aromatic heterocycles. The van der Waals surface area contributed by atoms with E-state index < -0.39 is 0 Å². The lowest BCUT2D eigenvalue weighted by Crippen LogP contribution is -2.30. The van der Waals surface area contributed by atoms with E-state index in [4.69, 9.17) is 16.2 Å². The fourth-order valence-electron chi connectivity index (χ4n) is 3.02. The molecular formula is C19H28N6O. The normalized spacial score (nSPS) is 15.0. The Bertz CT molecular complexity index is 685. The Morgan fingerprint density at radius 3 is 2.62 bits per heavy atom. The average molecular weight is 356 g/mol. The largest absolute Gasteiger partial charge is 0.476 e. The number of nitrogens with zero attached hydrogens (tertiary/aromatic N) is 2. The molecule has 26 heavy (non-hydrogen) atoms. The van der Waals surface area contributed by atoms with Crippen molar-refractivity contribution in [3.8, 4) is 17.1 Å². The van der Waals surface area contributed by atoms with Gasteiger partial charge in [-0.15, -0.1) is 0 Å². The molecule has 1 fully saturated rings. The molecule has 0 atom stereocenters. The molecule has 0 spiro atoms. The predicted molar refractivity (Wildman–Crippen MR) is 104 cm³/mol. The summed E-state index contributed by atoms with van der Waals surface area (Å²) < 4.78 is 5.90. The molecule has 6 N–H and O–H groups in total. The molecule has 0 aliphatic carbocycles. The van der Waals surface area contributed by atoms with Crippen LogP contribution in [0.25, 0.3) is 11.3 Å². The molecule has 1 saturated heterocycles. The number of benzene rings is 1. The maximum absolute atomic E-state index is 5.90. The van der Waals surface area contributed by atoms with Crippen molar-refractivity contribution in [2.24, 2.45) is 17.4 Å². The van der Waals surface area contributed by atoms with Gasteiger partial charge >= 0.3 is 0 Å². The van der Waals surface area contributed by atoms with E-state index >= 15 is 0 Å². The predicted octanol–water partition coefficient (Wildman–Crippen LogP) is 1.35. The Balaban J connectivity index is 1.75. The van der Waals surface area contributed by atoms with E-state index in [1.165, 1.54) is 0 Å². The zero-order valence-electron chi connectivity index (χ0n) is 15.1. The molecule has 7 nitrogen and oxygen atoms in total. The first kappa shape index (κ1) is 18.6. The Morgan fingerprint density at radius 2 is 1.92 bits per heavy atom. The van der Waals surface area contributed by atoms with E-state index in [0.29, 0.717) is 43.9 Å². The maximum Gasteiger partial charge on any atom is 0.234 e. The van der Waals surface area contributed by atoms with E-state index in [9.17, 15) is 0 Å². The smallest absolute Gasteiger partial charge is 0.234 e. The van der Waals surface area contributed by atoms with Gasteiger partial charge in [0, 0.05) is 25.2 Å². The fourth-order valence-corrected chi connectivity index (χ4v) is 3.02. The zero-order chi connectivity index (χ0) is 18.2. The highest BCUT2D eigenvalue weighted by molar-refractivity contribution is 5.71. The number of anilines is 1. The van der Waals surface area contributed by atoms with Crippen LogP contribution in [-0.4, -0.2) is 42.8 Å². The van der Waals surface area contributed by atoms with Gasteiger partial charge in [0.1, 0.15) is 5.69 Å². The van der Waals surface area contributed by atoms with Crippen LogP contribution >= 0.6 is 0 Å². The van der Waals surface area contributed by atoms with Crippen LogP contribution in [0, 0.1) is 5.92 Å². The van der Waals surface area contributed by atoms with Crippen LogP contribution < -0.4 is 26.8 Å². The molecular weight excluding hydrogens is 328 g/mol. The molecule has 0 unspecified atom stereocenters. The first-order valence-electron chi connectivity index (χ1n) is 9.24. The van der Waals surface area contributed by atoms with Crippen LogP contribution in [0.3, 0.4) is 0 Å². The summed E-state index contributed by atoms with van der Waals surface area (Å²) in [7, 11) is 0. The van der Waals surface area contributed by atoms with Gasteiger partial charge in [-0.25, -0.2) is 4.98 Å². The molecule has 2 heterocycles. The van der Waals surface area contributed by atoms with Crippen LogP contribution in [0.15, 0.2) is 30.5 Å². The molecule has 140 valence electrons. The number of rotatable bonds is 8. The third-order valence-electron chi connectivity index (χ3n) is 4.58. The Morgan fingerprint density at radius 1 is 1.15 bits per heavy atom. The van der Waals surface area contributed by atoms with Crippen LogP contribution in [0.1, 0.15) is 18.4 Å². The summed E-state index contributed by atoms with van der Waals surface area (Å²) in [6.07, 6.45) is 3.97. The van der Waals surface area contributed by atoms with E-state index in [1.807, 2.05) is 24.3 Å². The molecule has 0 saturated carbocycles. The van der Waals surface area contributed by atoms with Gasteiger partial charge in [-0.1, -0.05) is 24.3 Å². The standard InChI is InChI=1S/C19H28N6O/c20-7-10-23-19-18(16-3-1-14(11-21)2-4-16)24-12-17(25-19)26-13-15-5-8-22-9-6-15/h1-4,12,15,22H,5-11,13,20-21H2,(H,23,25). The molecule has 0 bridgehead atoms. The summed E-state index contributed by atoms with van der Waals surface area (Å²) in [4.78, 5) is 9.21. The lowest BCUT2D eigenvalue weighted by Gasteiger charge is -2.22. The van der Waals surface area contributed by atoms with Gasteiger partial charge in [0.05, 0.1) is 12.8 Å². The van der Waals surface area contributed by atoms with Crippen molar-refractivity contribution < 1.29 is 4.74 Å². The highest BCUT2D eigenvalue weighted by atomic mass is 16.5. The van der Waals surface area contributed by atoms with Gasteiger partial charge in [0.25, 0.3) is 0 Å². The van der Waals surface area contributed by atoms with Crippen LogP contribution in [0.4, 0.5) is 5.82 Å². The number of hydrogen-bond donors (Lipinski definition) is 4. The lowest BCUT2D eigenvalue weighted by atomic mass is 9.99. The summed E-state index contributed by atoms with van der Waals surface area (Å²) in [6, 6.07) is 8.03. The Labute approximate surface area is 154 Å². The van der Waals surface area contributed by atoms with Crippen molar-refractivity contribution in [1.29, 1.82) is 0 Å². The van der Waals surface area contributed by atoms with E-state index in [2.05, 4.69) is 20.6 Å². The van der Waals surface area contributed by atoms with Gasteiger partial charge in [0.15, 0.2) is 5.82 Å². The summed E-state index contributed by atoms with van der Waals surface area (Å²) in [5.41, 5.74) is 14.2. The third kappa shape index (κ3) is 4.91. The average Bonchev–Trinajstić information content (AvgIpc) is 2.71. The van der Waals surface area contributed by atoms with Crippen LogP contribution in [-0.2, 0) is 6.54 Å². The number of hydrogen-bond acceptors (Lipinski definition) is 7. The van der Waals surface area contributed by atoms with Crippen molar-refractivity contribution in [2.45, 2.75) is 19.4 Å². The van der Waals surface area contributed by atoms with E-state index in [1.54, 1.807) is 6.20 Å². The van der Waals surface area contributed by atoms with Crippen molar-refractivity contribution in [1.82, 2.24) is 15.3 Å². The molecule has 7 heteroatoms. The van der Waals surface area contributed by atoms with Crippen molar-refractivity contribution in [3.63, 3.8) is 0 Å². The summed E-state index contributed by atoms with van der Waals surface area (Å²) in [5.74, 6) is 1.81. The first-order valence-corrected chi connectivity index (χ1v) is 9.24. The van der Waals surface area contributed by atoms with Gasteiger partial charge in [-0.2, -0.15) is 4.98 Å². The third-order valence-corrected chi connectivity index (χ3v) is 4.58. The molecule has 3 rings (SSSR count). The number of aromatic nitrogens is 2. The van der Waals surface area contributed by atoms with E-state index in [0.717, 1.165) is 42.8 Å². The van der Waals surface area contributed by atoms with Gasteiger partial charge in [-0.3, -0.25) is 0 Å². The molecule has 0 amide bonds. The quantitative estimate of drug-likeness (QED) is 0.565. The van der Waals surface area contributed by atoms with Crippen LogP contribution in [0.5, 0.6) is 5.88 Å². The highest BCUT2D eigenvalue weighted by Crippen LogP contribution is 2.26. The summed E-state index contributed by atoms with van der Waals surface area (Å²) in [5, 5.41) is 6.62. The number of nitrogens with one attached hydrogen (secondary N) is 2. The maximum atomic E-state index is 5.90. The minimum atomic E-state index is 0.521. The van der Waals surface area contributed by atoms with Gasteiger partial charge < -0.3 is 26.8 Å². The number of ether oxygens (including phenoxy) is 1.